The molecular weight excluding hydrogens is 1400 g/mol. The monoisotopic (exact) mass is 1490 g/mol. The summed E-state index contributed by atoms with van der Waals surface area (Å²) in [6.45, 7) is 0. The average Bonchev–Trinajstić information content (AvgIpc) is 1.51. The molecule has 0 saturated carbocycles. The van der Waals surface area contributed by atoms with Crippen LogP contribution in [0, 0.1) is 0 Å². The van der Waals surface area contributed by atoms with Gasteiger partial charge in [-0.3, -0.25) is 0 Å². The van der Waals surface area contributed by atoms with E-state index in [2.05, 4.69) is 199 Å². The van der Waals surface area contributed by atoms with Crippen LogP contribution < -0.4 is 31.9 Å². The molecule has 0 aliphatic carbocycles. The Hall–Kier alpha value is -11.9. The second-order valence-electron chi connectivity index (χ2n) is 25.2. The van der Waals surface area contributed by atoms with Gasteiger partial charge in [0.15, 0.2) is 0 Å². The zero-order valence-electron chi connectivity index (χ0n) is 73.6. The predicted molar refractivity (Wildman–Crippen MR) is 437 cm³/mol. The third-order valence-corrected chi connectivity index (χ3v) is 43.6. The van der Waals surface area contributed by atoms with E-state index in [4.69, 9.17) is 19.2 Å². The fourth-order valence-electron chi connectivity index (χ4n) is 15.7. The molecule has 0 spiro atoms. The minimum atomic E-state index is -3.99. The van der Waals surface area contributed by atoms with Crippen molar-refractivity contribution >= 4 is 151 Å². The number of fused-ring (bicyclic) bond motifs is 12. The Morgan fingerprint density at radius 3 is 1.04 bits per heavy atom. The Balaban J connectivity index is 0.000000162. The molecule has 480 valence electrons. The van der Waals surface area contributed by atoms with Crippen LogP contribution in [0.15, 0.2) is 412 Å². The second-order valence-corrected chi connectivity index (χ2v) is 44.1. The molecule has 6 heteroatoms. The van der Waals surface area contributed by atoms with Gasteiger partial charge in [-0.25, -0.2) is 0 Å². The summed E-state index contributed by atoms with van der Waals surface area (Å²) in [5.74, 6) is 0. The molecule has 0 bridgehead atoms. The molecule has 4 aromatic heterocycles. The fourth-order valence-corrected chi connectivity index (χ4v) is 39.4. The summed E-state index contributed by atoms with van der Waals surface area (Å²) in [4.78, 5) is 0. The fraction of sp³-hybridized carbons (Fsp3) is 0. The van der Waals surface area contributed by atoms with Crippen LogP contribution in [0.3, 0.4) is 0 Å². The Bertz CT molecular complexity index is 7430. The standard InChI is InChI=1S/C48H34GeN2.C30H19N2.3C6H5.Sn/c1-4-17-35(18-5-1)49(36-19-6-2-7-20-36,37-21-8-3-9-22-37)38-23-16-24-39(33-38)50-47-30-15-12-27-43(47)44-34-40(31-32-48(44)50)51-45-28-13-10-25-41(45)42-26-11-14-29-46(42)51;1-2-10-21(11-3-1)31-29-17-9-6-14-25(29)26-20-22(18-19-30(26)31)32-27-15-7-4-12-23(27)24-13-5-8-16-28(24)32;3*1-2-4-6-5-3-1;/h1-34H;1-2,4-20H;3*1-5H;/i10D,11D,12D,13D,14D,15D,25D,26D,27D,28D,29D,30D,31D,32D,34D;4D,7D,12D,15D;;;;. The van der Waals surface area contributed by atoms with Crippen LogP contribution in [0.2, 0.25) is 0 Å². The molecule has 0 aliphatic rings. The van der Waals surface area contributed by atoms with Gasteiger partial charge in [0.2, 0.25) is 0 Å². The first kappa shape index (κ1) is 44.2. The van der Waals surface area contributed by atoms with Gasteiger partial charge in [0, 0.05) is 0 Å². The molecule has 0 amide bonds. The molecule has 0 aliphatic heterocycles. The molecule has 0 saturated heterocycles. The number of para-hydroxylation sites is 6. The quantitative estimate of drug-likeness (QED) is 0.109. The first-order valence-electron chi connectivity index (χ1n) is 43.2. The van der Waals surface area contributed by atoms with E-state index in [1.54, 1.807) is 6.07 Å². The Morgan fingerprint density at radius 1 is 0.206 bits per heavy atom. The molecule has 0 atom stereocenters. The maximum atomic E-state index is 10.0. The predicted octanol–water partition coefficient (Wildman–Crippen LogP) is 18.5. The normalized spacial score (nSPS) is 14.5. The number of nitrogens with zero attached hydrogens (tertiary/aromatic N) is 4. The molecule has 0 N–H and O–H groups in total. The van der Waals surface area contributed by atoms with Gasteiger partial charge in [-0.15, -0.1) is 0 Å². The van der Waals surface area contributed by atoms with E-state index in [1.807, 2.05) is 102 Å². The molecule has 0 unspecified atom stereocenters. The second kappa shape index (κ2) is 25.7. The van der Waals surface area contributed by atoms with Crippen molar-refractivity contribution in [2.75, 3.05) is 0 Å². The average molecular weight is 1490 g/mol. The molecule has 20 aromatic rings. The van der Waals surface area contributed by atoms with Crippen LogP contribution in [0.5, 0.6) is 0 Å². The van der Waals surface area contributed by atoms with Crippen LogP contribution in [0.4, 0.5) is 0 Å². The van der Waals surface area contributed by atoms with Crippen LogP contribution >= 0.6 is 0 Å². The summed E-state index contributed by atoms with van der Waals surface area (Å²) in [5.41, 5.74) is 4.43. The maximum absolute atomic E-state index is 10.0. The van der Waals surface area contributed by atoms with Crippen molar-refractivity contribution in [3.05, 3.63) is 412 Å². The third kappa shape index (κ3) is 9.87. The number of hydrogen-bond acceptors (Lipinski definition) is 0. The van der Waals surface area contributed by atoms with Gasteiger partial charge in [0.1, 0.15) is 0 Å². The zero-order chi connectivity index (χ0) is 84.1. The SMILES string of the molecule is [2H]c1c([2H])c([2H])c2c(c1[2H])c1c([2H])c(-n3c4c([2H])c([2H])c([2H])c([2H])c4c4c([2H])c([2H])c([2H])c([2H])c43)c([2H])c([2H])c1n2-c1ccc[c]([Ge]([c]2ccccc2)([c]2ccccc2)[c]2ccccc2)c1.[2H]c1c([2H])c([2H])c2c(c1[2H])c1ccccc1n2-c1ccc2c(c1)c1ccccc1n2-c1ccc[c]([Sn]([c]2ccccc2)([c]2ccccc2)[c]2ccccc2)c1. The van der Waals surface area contributed by atoms with Crippen molar-refractivity contribution in [1.29, 1.82) is 0 Å². The molecule has 102 heavy (non-hydrogen) atoms. The molecule has 20 rings (SSSR count). The van der Waals surface area contributed by atoms with Gasteiger partial charge in [0.05, 0.1) is 12.3 Å². The van der Waals surface area contributed by atoms with Gasteiger partial charge in [-0.1, -0.05) is 24.2 Å². The van der Waals surface area contributed by atoms with Crippen molar-refractivity contribution in [1.82, 2.24) is 18.3 Å². The topological polar surface area (TPSA) is 19.7 Å². The number of benzene rings is 16. The third-order valence-electron chi connectivity index (χ3n) is 19.9. The van der Waals surface area contributed by atoms with Crippen molar-refractivity contribution in [2.24, 2.45) is 0 Å². The summed E-state index contributed by atoms with van der Waals surface area (Å²) in [6.07, 6.45) is 0. The van der Waals surface area contributed by atoms with Crippen LogP contribution in [-0.2, 0) is 0 Å². The summed E-state index contributed by atoms with van der Waals surface area (Å²) in [6, 6.07) is 93.5. The van der Waals surface area contributed by atoms with Gasteiger partial charge in [0.25, 0.3) is 0 Å². The number of rotatable bonds is 12. The van der Waals surface area contributed by atoms with E-state index in [-0.39, 0.29) is 67.8 Å². The summed E-state index contributed by atoms with van der Waals surface area (Å²) < 4.78 is 188. The minimum absolute atomic E-state index is 0.0218. The van der Waals surface area contributed by atoms with Crippen molar-refractivity contribution in [2.45, 2.75) is 0 Å². The van der Waals surface area contributed by atoms with E-state index >= 15 is 0 Å². The zero-order valence-corrected chi connectivity index (χ0v) is 59.5. The molecule has 4 nitrogen and oxygen atoms in total. The summed E-state index contributed by atoms with van der Waals surface area (Å²) >= 11 is -7.88. The van der Waals surface area contributed by atoms with Crippen molar-refractivity contribution in [3.8, 4) is 22.7 Å². The first-order valence-corrected chi connectivity index (χ1v) is 43.6. The van der Waals surface area contributed by atoms with Gasteiger partial charge < -0.3 is 0 Å². The Morgan fingerprint density at radius 2 is 0.539 bits per heavy atom. The van der Waals surface area contributed by atoms with Gasteiger partial charge in [-0.05, 0) is 0 Å². The van der Waals surface area contributed by atoms with Gasteiger partial charge >= 0.3 is 593 Å². The van der Waals surface area contributed by atoms with E-state index in [0.717, 1.165) is 66.2 Å². The molecular formula is C96H68GeN4Sn. The Kier molecular flexibility index (Phi) is 11.1. The molecule has 0 fully saturated rings. The Labute approximate surface area is 626 Å². The summed E-state index contributed by atoms with van der Waals surface area (Å²) in [5, 5.41) is 2.63. The first-order chi connectivity index (χ1) is 58.5. The number of aromatic nitrogens is 4. The van der Waals surface area contributed by atoms with Gasteiger partial charge in [-0.2, -0.15) is 0 Å². The van der Waals surface area contributed by atoms with E-state index in [9.17, 15) is 6.85 Å². The molecule has 16 aromatic carbocycles. The molecule has 0 radical (unpaired) electrons. The summed E-state index contributed by atoms with van der Waals surface area (Å²) in [7, 11) is 0. The van der Waals surface area contributed by atoms with Crippen LogP contribution in [0.1, 0.15) is 26.0 Å². The van der Waals surface area contributed by atoms with E-state index in [0.29, 0.717) is 16.6 Å². The van der Waals surface area contributed by atoms with Crippen LogP contribution in [0.25, 0.3) is 110 Å². The van der Waals surface area contributed by atoms with Crippen LogP contribution in [-0.4, -0.2) is 49.9 Å². The van der Waals surface area contributed by atoms with E-state index < -0.39 is 128 Å². The van der Waals surface area contributed by atoms with Crippen molar-refractivity contribution in [3.63, 3.8) is 0 Å². The number of hydrogen-bond donors (Lipinski definition) is 0. The van der Waals surface area contributed by atoms with Crippen molar-refractivity contribution < 1.29 is 26.0 Å². The molecule has 4 heterocycles. The van der Waals surface area contributed by atoms with E-state index in [1.165, 1.54) is 18.9 Å².